The molecule has 0 fully saturated rings. The van der Waals surface area contributed by atoms with Gasteiger partial charge in [-0.3, -0.25) is 9.59 Å². The standard InChI is InChI=1S/C10H19NO3/c1-8(12)7-11-6-5-9(13)14-10(2,3)4/h11H,5-7H2,1-4H3. The van der Waals surface area contributed by atoms with Crippen molar-refractivity contribution in [2.24, 2.45) is 0 Å². The molecule has 1 N–H and O–H groups in total. The van der Waals surface area contributed by atoms with Gasteiger partial charge in [0.15, 0.2) is 0 Å². The summed E-state index contributed by atoms with van der Waals surface area (Å²) in [5, 5.41) is 2.85. The Kier molecular flexibility index (Phi) is 5.38. The molecule has 0 rings (SSSR count). The summed E-state index contributed by atoms with van der Waals surface area (Å²) in [7, 11) is 0. The summed E-state index contributed by atoms with van der Waals surface area (Å²) in [5.41, 5.74) is -0.433. The van der Waals surface area contributed by atoms with Crippen LogP contribution in [-0.2, 0) is 14.3 Å². The lowest BCUT2D eigenvalue weighted by molar-refractivity contribution is -0.154. The van der Waals surface area contributed by atoms with Crippen LogP contribution >= 0.6 is 0 Å². The van der Waals surface area contributed by atoms with Crippen LogP contribution < -0.4 is 5.32 Å². The summed E-state index contributed by atoms with van der Waals surface area (Å²) in [6.07, 6.45) is 0.296. The Morgan fingerprint density at radius 2 is 1.86 bits per heavy atom. The Morgan fingerprint density at radius 1 is 1.29 bits per heavy atom. The van der Waals surface area contributed by atoms with Crippen LogP contribution in [0.4, 0.5) is 0 Å². The predicted octanol–water partition coefficient (Wildman–Crippen LogP) is 0.897. The van der Waals surface area contributed by atoms with Gasteiger partial charge in [-0.25, -0.2) is 0 Å². The Labute approximate surface area is 85.0 Å². The molecule has 0 amide bonds. The second-order valence-corrected chi connectivity index (χ2v) is 4.22. The number of ketones is 1. The second kappa shape index (κ2) is 5.75. The fourth-order valence-corrected chi connectivity index (χ4v) is 0.847. The lowest BCUT2D eigenvalue weighted by Gasteiger charge is -2.19. The highest BCUT2D eigenvalue weighted by atomic mass is 16.6. The van der Waals surface area contributed by atoms with E-state index in [0.29, 0.717) is 19.5 Å². The molecule has 0 aromatic rings. The van der Waals surface area contributed by atoms with Crippen molar-refractivity contribution >= 4 is 11.8 Å². The minimum Gasteiger partial charge on any atom is -0.460 e. The molecule has 0 radical (unpaired) electrons. The maximum atomic E-state index is 11.2. The molecule has 82 valence electrons. The normalized spacial score (nSPS) is 11.1. The van der Waals surface area contributed by atoms with Gasteiger partial charge < -0.3 is 10.1 Å². The summed E-state index contributed by atoms with van der Waals surface area (Å²) in [4.78, 5) is 21.7. The fraction of sp³-hybridized carbons (Fsp3) is 0.800. The van der Waals surface area contributed by atoms with Crippen LogP contribution in [0.1, 0.15) is 34.1 Å². The van der Waals surface area contributed by atoms with E-state index in [4.69, 9.17) is 4.74 Å². The number of carbonyl (C=O) groups is 2. The summed E-state index contributed by atoms with van der Waals surface area (Å²) in [6, 6.07) is 0. The van der Waals surface area contributed by atoms with Crippen LogP contribution in [-0.4, -0.2) is 30.4 Å². The highest BCUT2D eigenvalue weighted by Gasteiger charge is 2.15. The zero-order valence-electron chi connectivity index (χ0n) is 9.35. The first-order chi connectivity index (χ1) is 6.31. The highest BCUT2D eigenvalue weighted by Crippen LogP contribution is 2.07. The third-order valence-electron chi connectivity index (χ3n) is 1.30. The van der Waals surface area contributed by atoms with Crippen molar-refractivity contribution in [1.29, 1.82) is 0 Å². The number of nitrogens with one attached hydrogen (secondary N) is 1. The molecule has 14 heavy (non-hydrogen) atoms. The lowest BCUT2D eigenvalue weighted by Crippen LogP contribution is -2.28. The van der Waals surface area contributed by atoms with E-state index in [0.717, 1.165) is 0 Å². The van der Waals surface area contributed by atoms with Gasteiger partial charge in [0.05, 0.1) is 13.0 Å². The quantitative estimate of drug-likeness (QED) is 0.530. The van der Waals surface area contributed by atoms with Gasteiger partial charge in [0.1, 0.15) is 11.4 Å². The van der Waals surface area contributed by atoms with Gasteiger partial charge in [-0.1, -0.05) is 0 Å². The maximum Gasteiger partial charge on any atom is 0.307 e. The van der Waals surface area contributed by atoms with Crippen molar-refractivity contribution in [2.45, 2.75) is 39.7 Å². The van der Waals surface area contributed by atoms with Crippen LogP contribution in [0.3, 0.4) is 0 Å². The molecule has 0 heterocycles. The number of ether oxygens (including phenoxy) is 1. The Hall–Kier alpha value is -0.900. The van der Waals surface area contributed by atoms with Gasteiger partial charge in [0.25, 0.3) is 0 Å². The predicted molar refractivity (Wildman–Crippen MR) is 54.0 cm³/mol. The Balaban J connectivity index is 3.50. The van der Waals surface area contributed by atoms with Crippen LogP contribution in [0.15, 0.2) is 0 Å². The average molecular weight is 201 g/mol. The van der Waals surface area contributed by atoms with E-state index in [9.17, 15) is 9.59 Å². The zero-order valence-corrected chi connectivity index (χ0v) is 9.35. The molecule has 4 heteroatoms. The third kappa shape index (κ3) is 9.19. The van der Waals surface area contributed by atoms with Crippen LogP contribution in [0.5, 0.6) is 0 Å². The summed E-state index contributed by atoms with van der Waals surface area (Å²) < 4.78 is 5.08. The topological polar surface area (TPSA) is 55.4 Å². The molecule has 0 aliphatic rings. The lowest BCUT2D eigenvalue weighted by atomic mass is 10.2. The largest absolute Gasteiger partial charge is 0.460 e. The van der Waals surface area contributed by atoms with Crippen molar-refractivity contribution in [3.63, 3.8) is 0 Å². The van der Waals surface area contributed by atoms with Crippen molar-refractivity contribution < 1.29 is 14.3 Å². The summed E-state index contributed by atoms with van der Waals surface area (Å²) in [6.45, 7) is 7.77. The van der Waals surface area contributed by atoms with Gasteiger partial charge in [-0.2, -0.15) is 0 Å². The van der Waals surface area contributed by atoms with E-state index >= 15 is 0 Å². The van der Waals surface area contributed by atoms with Gasteiger partial charge in [-0.05, 0) is 27.7 Å². The first kappa shape index (κ1) is 13.1. The second-order valence-electron chi connectivity index (χ2n) is 4.22. The molecule has 4 nitrogen and oxygen atoms in total. The Bertz CT molecular complexity index is 206. The minimum atomic E-state index is -0.433. The first-order valence-electron chi connectivity index (χ1n) is 4.73. The number of hydrogen-bond acceptors (Lipinski definition) is 4. The van der Waals surface area contributed by atoms with Crippen molar-refractivity contribution in [2.75, 3.05) is 13.1 Å². The molecular weight excluding hydrogens is 182 g/mol. The number of carbonyl (C=O) groups excluding carboxylic acids is 2. The molecule has 0 aromatic heterocycles. The molecular formula is C10H19NO3. The van der Waals surface area contributed by atoms with E-state index in [1.807, 2.05) is 20.8 Å². The third-order valence-corrected chi connectivity index (χ3v) is 1.30. The molecule has 0 aliphatic heterocycles. The average Bonchev–Trinajstić information content (AvgIpc) is 1.94. The van der Waals surface area contributed by atoms with Gasteiger partial charge >= 0.3 is 5.97 Å². The van der Waals surface area contributed by atoms with Gasteiger partial charge in [0.2, 0.25) is 0 Å². The van der Waals surface area contributed by atoms with Crippen LogP contribution in [0, 0.1) is 0 Å². The van der Waals surface area contributed by atoms with E-state index in [1.54, 1.807) is 0 Å². The van der Waals surface area contributed by atoms with E-state index in [2.05, 4.69) is 5.32 Å². The van der Waals surface area contributed by atoms with E-state index < -0.39 is 5.60 Å². The fourth-order valence-electron chi connectivity index (χ4n) is 0.847. The smallest absolute Gasteiger partial charge is 0.307 e. The SMILES string of the molecule is CC(=O)CNCCC(=O)OC(C)(C)C. The number of rotatable bonds is 5. The monoisotopic (exact) mass is 201 g/mol. The van der Waals surface area contributed by atoms with Crippen LogP contribution in [0.25, 0.3) is 0 Å². The molecule has 0 aliphatic carbocycles. The van der Waals surface area contributed by atoms with Crippen molar-refractivity contribution in [1.82, 2.24) is 5.32 Å². The Morgan fingerprint density at radius 3 is 2.29 bits per heavy atom. The molecule has 0 unspecified atom stereocenters. The molecule has 0 saturated carbocycles. The molecule has 0 spiro atoms. The van der Waals surface area contributed by atoms with Gasteiger partial charge in [-0.15, -0.1) is 0 Å². The molecule has 0 saturated heterocycles. The zero-order chi connectivity index (χ0) is 11.2. The maximum absolute atomic E-state index is 11.2. The van der Waals surface area contributed by atoms with Crippen LogP contribution in [0.2, 0.25) is 0 Å². The molecule has 0 atom stereocenters. The van der Waals surface area contributed by atoms with E-state index in [1.165, 1.54) is 6.92 Å². The van der Waals surface area contributed by atoms with Crippen molar-refractivity contribution in [3.05, 3.63) is 0 Å². The highest BCUT2D eigenvalue weighted by molar-refractivity contribution is 5.77. The summed E-state index contributed by atoms with van der Waals surface area (Å²) in [5.74, 6) is -0.178. The van der Waals surface area contributed by atoms with Crippen molar-refractivity contribution in [3.8, 4) is 0 Å². The number of esters is 1. The minimum absolute atomic E-state index is 0.0641. The molecule has 0 aromatic carbocycles. The van der Waals surface area contributed by atoms with E-state index in [-0.39, 0.29) is 11.8 Å². The summed E-state index contributed by atoms with van der Waals surface area (Å²) >= 11 is 0. The molecule has 0 bridgehead atoms. The number of hydrogen-bond donors (Lipinski definition) is 1. The van der Waals surface area contributed by atoms with Gasteiger partial charge in [0, 0.05) is 6.54 Å². The number of Topliss-reactive ketones (excluding diaryl/α,β-unsaturated/α-hetero) is 1. The first-order valence-corrected chi connectivity index (χ1v) is 4.73.